The van der Waals surface area contributed by atoms with Crippen LogP contribution < -0.4 is 10.6 Å². The first-order valence-electron chi connectivity index (χ1n) is 8.77. The van der Waals surface area contributed by atoms with Crippen LogP contribution in [0, 0.1) is 11.3 Å². The average molecular weight is 337 g/mol. The van der Waals surface area contributed by atoms with Gasteiger partial charge in [-0.05, 0) is 62.1 Å². The quantitative estimate of drug-likeness (QED) is 0.802. The Hall–Kier alpha value is -1.06. The van der Waals surface area contributed by atoms with Crippen molar-refractivity contribution >= 4 is 18.3 Å². The van der Waals surface area contributed by atoms with Crippen molar-refractivity contribution < 1.29 is 4.79 Å². The lowest BCUT2D eigenvalue weighted by Gasteiger charge is -2.42. The number of halogens is 1. The molecule has 3 nitrogen and oxygen atoms in total. The zero-order chi connectivity index (χ0) is 15.3. The lowest BCUT2D eigenvalue weighted by molar-refractivity contribution is -0.122. The molecule has 1 saturated heterocycles. The summed E-state index contributed by atoms with van der Waals surface area (Å²) in [5.41, 5.74) is 1.71. The molecule has 4 heteroatoms. The summed E-state index contributed by atoms with van der Waals surface area (Å²) in [6.45, 7) is 3.06. The third kappa shape index (κ3) is 5.22. The molecule has 1 amide bonds. The molecule has 1 aliphatic carbocycles. The van der Waals surface area contributed by atoms with Crippen LogP contribution in [0.1, 0.15) is 44.1 Å². The number of hydrogen-bond donors (Lipinski definition) is 2. The Morgan fingerprint density at radius 2 is 2.04 bits per heavy atom. The van der Waals surface area contributed by atoms with Gasteiger partial charge in [-0.25, -0.2) is 0 Å². The first-order chi connectivity index (χ1) is 10.8. The highest BCUT2D eigenvalue weighted by atomic mass is 35.5. The molecule has 1 unspecified atom stereocenters. The lowest BCUT2D eigenvalue weighted by Crippen LogP contribution is -2.43. The standard InChI is InChI=1S/C19H28N2O.ClH/c22-18(8-7-17-9-12-20-14-17)21-15-19(10-4-11-19)13-16-5-2-1-3-6-16;/h1-3,5-6,17,20H,4,7-15H2,(H,21,22);1H. The number of nitrogens with one attached hydrogen (secondary N) is 2. The molecule has 2 fully saturated rings. The number of rotatable bonds is 7. The number of benzene rings is 1. The minimum Gasteiger partial charge on any atom is -0.356 e. The Balaban J connectivity index is 0.00000192. The van der Waals surface area contributed by atoms with Crippen molar-refractivity contribution in [2.24, 2.45) is 11.3 Å². The second-order valence-electron chi connectivity index (χ2n) is 7.19. The molecule has 1 heterocycles. The van der Waals surface area contributed by atoms with Gasteiger partial charge in [0.25, 0.3) is 0 Å². The van der Waals surface area contributed by atoms with Crippen LogP contribution in [0.5, 0.6) is 0 Å². The van der Waals surface area contributed by atoms with Gasteiger partial charge in [-0.2, -0.15) is 0 Å². The Kier molecular flexibility index (Phi) is 6.91. The van der Waals surface area contributed by atoms with Crippen molar-refractivity contribution in [3.63, 3.8) is 0 Å². The van der Waals surface area contributed by atoms with Crippen LogP contribution in [0.2, 0.25) is 0 Å². The Morgan fingerprint density at radius 3 is 2.65 bits per heavy atom. The molecule has 1 aromatic rings. The van der Waals surface area contributed by atoms with Gasteiger partial charge in [0, 0.05) is 13.0 Å². The van der Waals surface area contributed by atoms with Gasteiger partial charge in [-0.15, -0.1) is 12.4 Å². The van der Waals surface area contributed by atoms with Crippen LogP contribution >= 0.6 is 12.4 Å². The van der Waals surface area contributed by atoms with Gasteiger partial charge in [0.1, 0.15) is 0 Å². The summed E-state index contributed by atoms with van der Waals surface area (Å²) in [7, 11) is 0. The number of carbonyl (C=O) groups excluding carboxylic acids is 1. The molecular formula is C19H29ClN2O. The average Bonchev–Trinajstić information content (AvgIpc) is 3.02. The first kappa shape index (κ1) is 18.3. The summed E-state index contributed by atoms with van der Waals surface area (Å²) in [6.07, 6.45) is 7.84. The molecule has 0 spiro atoms. The van der Waals surface area contributed by atoms with E-state index in [1.54, 1.807) is 0 Å². The zero-order valence-electron chi connectivity index (χ0n) is 13.9. The molecule has 1 aliphatic heterocycles. The highest BCUT2D eigenvalue weighted by Crippen LogP contribution is 2.43. The summed E-state index contributed by atoms with van der Waals surface area (Å²) >= 11 is 0. The number of carbonyl (C=O) groups is 1. The molecule has 128 valence electrons. The van der Waals surface area contributed by atoms with Crippen molar-refractivity contribution in [1.29, 1.82) is 0 Å². The maximum atomic E-state index is 12.1. The van der Waals surface area contributed by atoms with Gasteiger partial charge >= 0.3 is 0 Å². The highest BCUT2D eigenvalue weighted by Gasteiger charge is 2.37. The molecule has 1 atom stereocenters. The van der Waals surface area contributed by atoms with Crippen LogP contribution in [0.15, 0.2) is 30.3 Å². The summed E-state index contributed by atoms with van der Waals surface area (Å²) < 4.78 is 0. The van der Waals surface area contributed by atoms with E-state index in [4.69, 9.17) is 0 Å². The van der Waals surface area contributed by atoms with E-state index in [-0.39, 0.29) is 18.3 Å². The normalized spacial score (nSPS) is 22.0. The molecule has 2 aliphatic rings. The molecular weight excluding hydrogens is 308 g/mol. The van der Waals surface area contributed by atoms with Crippen LogP contribution in [0.3, 0.4) is 0 Å². The van der Waals surface area contributed by atoms with Gasteiger partial charge in [-0.3, -0.25) is 4.79 Å². The fourth-order valence-corrected chi connectivity index (χ4v) is 3.79. The summed E-state index contributed by atoms with van der Waals surface area (Å²) in [6, 6.07) is 10.7. The molecule has 2 N–H and O–H groups in total. The van der Waals surface area contributed by atoms with Crippen molar-refractivity contribution in [1.82, 2.24) is 10.6 Å². The predicted octanol–water partition coefficient (Wildman–Crippen LogP) is 3.33. The van der Waals surface area contributed by atoms with Crippen LogP contribution in [-0.2, 0) is 11.2 Å². The van der Waals surface area contributed by atoms with Crippen LogP contribution in [0.4, 0.5) is 0 Å². The summed E-state index contributed by atoms with van der Waals surface area (Å²) in [4.78, 5) is 12.1. The Morgan fingerprint density at radius 1 is 1.26 bits per heavy atom. The number of hydrogen-bond acceptors (Lipinski definition) is 2. The van der Waals surface area contributed by atoms with Crippen molar-refractivity contribution in [3.8, 4) is 0 Å². The molecule has 0 bridgehead atoms. The van der Waals surface area contributed by atoms with E-state index in [0.717, 1.165) is 32.5 Å². The predicted molar refractivity (Wildman–Crippen MR) is 96.9 cm³/mol. The van der Waals surface area contributed by atoms with E-state index in [1.807, 2.05) is 0 Å². The van der Waals surface area contributed by atoms with E-state index in [9.17, 15) is 4.79 Å². The molecule has 1 aromatic carbocycles. The minimum atomic E-state index is 0. The van der Waals surface area contributed by atoms with Gasteiger partial charge in [0.05, 0.1) is 0 Å². The van der Waals surface area contributed by atoms with Crippen LogP contribution in [-0.4, -0.2) is 25.5 Å². The molecule has 3 rings (SSSR count). The van der Waals surface area contributed by atoms with Gasteiger partial charge < -0.3 is 10.6 Å². The lowest BCUT2D eigenvalue weighted by atomic mass is 9.65. The third-order valence-corrected chi connectivity index (χ3v) is 5.44. The van der Waals surface area contributed by atoms with Crippen LogP contribution in [0.25, 0.3) is 0 Å². The van der Waals surface area contributed by atoms with Gasteiger partial charge in [-0.1, -0.05) is 36.8 Å². The molecule has 0 aromatic heterocycles. The maximum Gasteiger partial charge on any atom is 0.220 e. The summed E-state index contributed by atoms with van der Waals surface area (Å²) in [5.74, 6) is 0.943. The van der Waals surface area contributed by atoms with E-state index in [1.165, 1.54) is 31.2 Å². The monoisotopic (exact) mass is 336 g/mol. The molecule has 1 saturated carbocycles. The topological polar surface area (TPSA) is 41.1 Å². The fraction of sp³-hybridized carbons (Fsp3) is 0.632. The molecule has 23 heavy (non-hydrogen) atoms. The number of amides is 1. The largest absolute Gasteiger partial charge is 0.356 e. The second kappa shape index (κ2) is 8.70. The van der Waals surface area contributed by atoms with Crippen molar-refractivity contribution in [2.45, 2.75) is 44.9 Å². The second-order valence-corrected chi connectivity index (χ2v) is 7.19. The van der Waals surface area contributed by atoms with E-state index >= 15 is 0 Å². The van der Waals surface area contributed by atoms with Gasteiger partial charge in [0.2, 0.25) is 5.91 Å². The zero-order valence-corrected chi connectivity index (χ0v) is 14.7. The fourth-order valence-electron chi connectivity index (χ4n) is 3.79. The SMILES string of the molecule is Cl.O=C(CCC1CCNC1)NCC1(Cc2ccccc2)CCC1. The van der Waals surface area contributed by atoms with Gasteiger partial charge in [0.15, 0.2) is 0 Å². The summed E-state index contributed by atoms with van der Waals surface area (Å²) in [5, 5.41) is 6.58. The van der Waals surface area contributed by atoms with Crippen molar-refractivity contribution in [2.75, 3.05) is 19.6 Å². The third-order valence-electron chi connectivity index (χ3n) is 5.44. The molecule has 0 radical (unpaired) electrons. The van der Waals surface area contributed by atoms with E-state index in [0.29, 0.717) is 17.8 Å². The first-order valence-corrected chi connectivity index (χ1v) is 8.77. The maximum absolute atomic E-state index is 12.1. The van der Waals surface area contributed by atoms with Crippen molar-refractivity contribution in [3.05, 3.63) is 35.9 Å². The highest BCUT2D eigenvalue weighted by molar-refractivity contribution is 5.85. The van der Waals surface area contributed by atoms with E-state index < -0.39 is 0 Å². The smallest absolute Gasteiger partial charge is 0.220 e. The Bertz CT molecular complexity index is 481. The minimum absolute atomic E-state index is 0. The van der Waals surface area contributed by atoms with E-state index in [2.05, 4.69) is 41.0 Å². The Labute approximate surface area is 146 Å².